The number of aryl methyl sites for hydroxylation is 1. The van der Waals surface area contributed by atoms with Crippen molar-refractivity contribution in [1.82, 2.24) is 0 Å². The van der Waals surface area contributed by atoms with Crippen molar-refractivity contribution >= 4 is 28.2 Å². The molecule has 9 heteroatoms. The van der Waals surface area contributed by atoms with Gasteiger partial charge in [-0.1, -0.05) is 12.1 Å². The predicted octanol–water partition coefficient (Wildman–Crippen LogP) is 5.59. The van der Waals surface area contributed by atoms with Crippen LogP contribution in [-0.2, 0) is 16.0 Å². The second-order valence-electron chi connectivity index (χ2n) is 7.61. The molecule has 0 unspecified atom stereocenters. The van der Waals surface area contributed by atoms with E-state index in [2.05, 4.69) is 5.32 Å². The molecule has 3 aromatic rings. The number of hydrogen-bond donors (Lipinski definition) is 1. The van der Waals surface area contributed by atoms with E-state index in [9.17, 15) is 9.59 Å². The highest BCUT2D eigenvalue weighted by Gasteiger charge is 2.23. The first-order valence-corrected chi connectivity index (χ1v) is 12.4. The van der Waals surface area contributed by atoms with Crippen molar-refractivity contribution in [3.8, 4) is 34.1 Å². The molecule has 8 nitrogen and oxygen atoms in total. The Kier molecular flexibility index (Phi) is 9.58. The van der Waals surface area contributed by atoms with Gasteiger partial charge in [-0.25, -0.2) is 4.79 Å². The molecule has 3 rings (SSSR count). The van der Waals surface area contributed by atoms with E-state index in [0.717, 1.165) is 11.1 Å². The molecule has 0 aliphatic carbocycles. The van der Waals surface area contributed by atoms with Crippen molar-refractivity contribution in [2.24, 2.45) is 0 Å². The number of carbonyl (C=O) groups excluding carboxylic acids is 2. The van der Waals surface area contributed by atoms with E-state index in [0.29, 0.717) is 52.2 Å². The second-order valence-corrected chi connectivity index (χ2v) is 8.49. The number of ether oxygens (including phenoxy) is 5. The zero-order valence-electron chi connectivity index (χ0n) is 21.1. The Morgan fingerprint density at radius 3 is 2.22 bits per heavy atom. The lowest BCUT2D eigenvalue weighted by molar-refractivity contribution is -0.116. The molecule has 1 amide bonds. The first kappa shape index (κ1) is 26.9. The van der Waals surface area contributed by atoms with E-state index in [-0.39, 0.29) is 18.9 Å². The van der Waals surface area contributed by atoms with Crippen LogP contribution < -0.4 is 24.3 Å². The summed E-state index contributed by atoms with van der Waals surface area (Å²) in [6, 6.07) is 11.0. The van der Waals surface area contributed by atoms with E-state index in [1.807, 2.05) is 36.6 Å². The SMILES string of the molecule is CCOC(=O)c1c(-c2ccc(OC)c(OC)c2)csc1NC(=O)CCc1ccc(OCC)c(OC)c1. The highest BCUT2D eigenvalue weighted by atomic mass is 32.1. The summed E-state index contributed by atoms with van der Waals surface area (Å²) < 4.78 is 26.9. The van der Waals surface area contributed by atoms with Crippen molar-refractivity contribution in [1.29, 1.82) is 0 Å². The van der Waals surface area contributed by atoms with Crippen molar-refractivity contribution < 1.29 is 33.3 Å². The third-order valence-corrected chi connectivity index (χ3v) is 6.28. The normalized spacial score (nSPS) is 10.5. The minimum Gasteiger partial charge on any atom is -0.493 e. The maximum atomic E-state index is 12.9. The fourth-order valence-electron chi connectivity index (χ4n) is 3.66. The molecule has 0 spiro atoms. The Labute approximate surface area is 215 Å². The third-order valence-electron chi connectivity index (χ3n) is 5.39. The molecule has 1 aromatic heterocycles. The number of nitrogens with one attached hydrogen (secondary N) is 1. The van der Waals surface area contributed by atoms with Crippen molar-refractivity contribution in [3.63, 3.8) is 0 Å². The summed E-state index contributed by atoms with van der Waals surface area (Å²) in [5, 5.41) is 5.15. The topological polar surface area (TPSA) is 92.3 Å². The number of benzene rings is 2. The Bertz CT molecular complexity index is 1200. The minimum absolute atomic E-state index is 0.214. The van der Waals surface area contributed by atoms with E-state index < -0.39 is 5.97 Å². The number of rotatable bonds is 12. The van der Waals surface area contributed by atoms with Gasteiger partial charge in [0.25, 0.3) is 0 Å². The van der Waals surface area contributed by atoms with Crippen LogP contribution >= 0.6 is 11.3 Å². The Morgan fingerprint density at radius 1 is 0.861 bits per heavy atom. The monoisotopic (exact) mass is 513 g/mol. The average molecular weight is 514 g/mol. The van der Waals surface area contributed by atoms with Gasteiger partial charge in [-0.15, -0.1) is 11.3 Å². The largest absolute Gasteiger partial charge is 0.493 e. The van der Waals surface area contributed by atoms with Gasteiger partial charge in [0, 0.05) is 17.4 Å². The maximum absolute atomic E-state index is 12.9. The fourth-order valence-corrected chi connectivity index (χ4v) is 4.63. The van der Waals surface area contributed by atoms with Crippen molar-refractivity contribution in [3.05, 3.63) is 52.9 Å². The number of carbonyl (C=O) groups is 2. The highest BCUT2D eigenvalue weighted by molar-refractivity contribution is 7.15. The smallest absolute Gasteiger partial charge is 0.341 e. The molecule has 2 aromatic carbocycles. The van der Waals surface area contributed by atoms with E-state index >= 15 is 0 Å². The van der Waals surface area contributed by atoms with E-state index in [4.69, 9.17) is 23.7 Å². The van der Waals surface area contributed by atoms with Gasteiger partial charge < -0.3 is 29.0 Å². The van der Waals surface area contributed by atoms with Crippen LogP contribution in [0.2, 0.25) is 0 Å². The number of methoxy groups -OCH3 is 3. The number of thiophene rings is 1. The van der Waals surface area contributed by atoms with Crippen molar-refractivity contribution in [2.75, 3.05) is 39.9 Å². The quantitative estimate of drug-likeness (QED) is 0.316. The summed E-state index contributed by atoms with van der Waals surface area (Å²) in [4.78, 5) is 25.7. The molecule has 0 radical (unpaired) electrons. The molecular weight excluding hydrogens is 482 g/mol. The van der Waals surface area contributed by atoms with Gasteiger partial charge in [-0.05, 0) is 55.7 Å². The van der Waals surface area contributed by atoms with Crippen molar-refractivity contribution in [2.45, 2.75) is 26.7 Å². The standard InChI is InChI=1S/C27H31NO7S/c1-6-34-21-11-8-17(14-22(21)32-4)9-13-24(29)28-26-25(27(30)35-7-2)19(16-36-26)18-10-12-20(31-3)23(15-18)33-5/h8,10-12,14-16H,6-7,9,13H2,1-5H3,(H,28,29). The van der Waals surface area contributed by atoms with Gasteiger partial charge in [0.1, 0.15) is 10.6 Å². The zero-order valence-corrected chi connectivity index (χ0v) is 22.0. The predicted molar refractivity (Wildman–Crippen MR) is 140 cm³/mol. The molecule has 0 bridgehead atoms. The van der Waals surface area contributed by atoms with Crippen LogP contribution in [0.4, 0.5) is 5.00 Å². The summed E-state index contributed by atoms with van der Waals surface area (Å²) in [7, 11) is 4.69. The molecule has 0 aliphatic heterocycles. The van der Waals surface area contributed by atoms with Crippen LogP contribution in [0, 0.1) is 0 Å². The average Bonchev–Trinajstić information content (AvgIpc) is 3.31. The zero-order chi connectivity index (χ0) is 26.1. The van der Waals surface area contributed by atoms with E-state index in [1.54, 1.807) is 40.4 Å². The molecule has 0 atom stereocenters. The number of hydrogen-bond acceptors (Lipinski definition) is 8. The van der Waals surface area contributed by atoms with Gasteiger partial charge in [0.05, 0.1) is 34.5 Å². The molecule has 0 saturated carbocycles. The fraction of sp³-hybridized carbons (Fsp3) is 0.333. The highest BCUT2D eigenvalue weighted by Crippen LogP contribution is 2.39. The first-order chi connectivity index (χ1) is 17.4. The summed E-state index contributed by atoms with van der Waals surface area (Å²) in [6.45, 7) is 4.40. The summed E-state index contributed by atoms with van der Waals surface area (Å²) in [5.74, 6) is 1.68. The minimum atomic E-state index is -0.505. The summed E-state index contributed by atoms with van der Waals surface area (Å²) >= 11 is 1.27. The van der Waals surface area contributed by atoms with Gasteiger partial charge in [-0.3, -0.25) is 4.79 Å². The lowest BCUT2D eigenvalue weighted by Crippen LogP contribution is -2.15. The summed E-state index contributed by atoms with van der Waals surface area (Å²) in [6.07, 6.45) is 0.722. The molecule has 36 heavy (non-hydrogen) atoms. The van der Waals surface area contributed by atoms with Crippen LogP contribution in [0.25, 0.3) is 11.1 Å². The lowest BCUT2D eigenvalue weighted by Gasteiger charge is -2.12. The molecular formula is C27H31NO7S. The Hall–Kier alpha value is -3.72. The van der Waals surface area contributed by atoms with Crippen LogP contribution in [0.1, 0.15) is 36.2 Å². The van der Waals surface area contributed by atoms with Gasteiger partial charge >= 0.3 is 5.97 Å². The Morgan fingerprint density at radius 2 is 1.56 bits per heavy atom. The van der Waals surface area contributed by atoms with Crippen LogP contribution in [0.5, 0.6) is 23.0 Å². The molecule has 1 N–H and O–H groups in total. The molecule has 1 heterocycles. The van der Waals surface area contributed by atoms with E-state index in [1.165, 1.54) is 11.3 Å². The number of esters is 1. The van der Waals surface area contributed by atoms with Crippen LogP contribution in [0.15, 0.2) is 41.8 Å². The van der Waals surface area contributed by atoms with Gasteiger partial charge in [0.15, 0.2) is 23.0 Å². The van der Waals surface area contributed by atoms with Crippen LogP contribution in [-0.4, -0.2) is 46.4 Å². The lowest BCUT2D eigenvalue weighted by atomic mass is 10.0. The maximum Gasteiger partial charge on any atom is 0.341 e. The van der Waals surface area contributed by atoms with Gasteiger partial charge in [0.2, 0.25) is 5.91 Å². The molecule has 0 fully saturated rings. The molecule has 0 aliphatic rings. The number of amides is 1. The van der Waals surface area contributed by atoms with Gasteiger partial charge in [-0.2, -0.15) is 0 Å². The molecule has 0 saturated heterocycles. The molecule has 192 valence electrons. The van der Waals surface area contributed by atoms with Crippen LogP contribution in [0.3, 0.4) is 0 Å². The first-order valence-electron chi connectivity index (χ1n) is 11.6. The third kappa shape index (κ3) is 6.28. The summed E-state index contributed by atoms with van der Waals surface area (Å²) in [5.41, 5.74) is 2.64. The number of anilines is 1. The Balaban J connectivity index is 1.81. The second kappa shape index (κ2) is 12.8.